The predicted octanol–water partition coefficient (Wildman–Crippen LogP) is 4.22. The lowest BCUT2D eigenvalue weighted by Gasteiger charge is -2.07. The van der Waals surface area contributed by atoms with E-state index < -0.39 is 11.7 Å². The number of alkyl halides is 3. The van der Waals surface area contributed by atoms with Gasteiger partial charge in [0, 0.05) is 23.7 Å². The lowest BCUT2D eigenvalue weighted by atomic mass is 10.1. The van der Waals surface area contributed by atoms with Crippen molar-refractivity contribution in [3.63, 3.8) is 0 Å². The van der Waals surface area contributed by atoms with Crippen LogP contribution in [0.2, 0.25) is 0 Å². The minimum absolute atomic E-state index is 0.189. The molecular formula is C17H14F3N3OS. The lowest BCUT2D eigenvalue weighted by Crippen LogP contribution is -2.26. The Morgan fingerprint density at radius 1 is 1.36 bits per heavy atom. The van der Waals surface area contributed by atoms with Crippen LogP contribution in [0.5, 0.6) is 0 Å². The minimum atomic E-state index is -4.40. The van der Waals surface area contributed by atoms with Crippen LogP contribution in [0.25, 0.3) is 16.2 Å². The molecular weight excluding hydrogens is 351 g/mol. The molecule has 0 atom stereocenters. The summed E-state index contributed by atoms with van der Waals surface area (Å²) < 4.78 is 40.3. The first kappa shape index (κ1) is 16.1. The number of carbonyl (C=O) groups is 1. The molecule has 1 saturated carbocycles. The highest BCUT2D eigenvalue weighted by atomic mass is 32.1. The molecule has 130 valence electrons. The number of halogens is 3. The molecule has 2 aromatic heterocycles. The highest BCUT2D eigenvalue weighted by Crippen LogP contribution is 2.32. The number of rotatable bonds is 4. The van der Waals surface area contributed by atoms with Gasteiger partial charge in [0.1, 0.15) is 5.69 Å². The molecule has 1 amide bonds. The summed E-state index contributed by atoms with van der Waals surface area (Å²) in [4.78, 5) is 17.2. The second-order valence-electron chi connectivity index (χ2n) is 6.13. The Bertz CT molecular complexity index is 940. The van der Waals surface area contributed by atoms with Gasteiger partial charge in [-0.3, -0.25) is 9.20 Å². The standard InChI is InChI=1S/C17H14F3N3OS/c18-17(19,20)12-3-1-2-11(6-12)13-8-23-14(9-25-16(23)22-13)15(24)21-7-10-4-5-10/h1-3,6,8-10H,4-5,7H2,(H,21,24). The highest BCUT2D eigenvalue weighted by molar-refractivity contribution is 7.15. The average Bonchev–Trinajstić information content (AvgIpc) is 3.17. The zero-order valence-electron chi connectivity index (χ0n) is 13.0. The molecule has 1 fully saturated rings. The summed E-state index contributed by atoms with van der Waals surface area (Å²) in [5.41, 5.74) is 0.513. The lowest BCUT2D eigenvalue weighted by molar-refractivity contribution is -0.137. The van der Waals surface area contributed by atoms with Gasteiger partial charge in [0.25, 0.3) is 5.91 Å². The maximum atomic E-state index is 12.9. The fraction of sp³-hybridized carbons (Fsp3) is 0.294. The van der Waals surface area contributed by atoms with Gasteiger partial charge in [-0.15, -0.1) is 11.3 Å². The first-order valence-electron chi connectivity index (χ1n) is 7.84. The van der Waals surface area contributed by atoms with Gasteiger partial charge in [0.15, 0.2) is 4.96 Å². The van der Waals surface area contributed by atoms with Gasteiger partial charge < -0.3 is 5.32 Å². The second kappa shape index (κ2) is 5.87. The largest absolute Gasteiger partial charge is 0.416 e. The molecule has 4 rings (SSSR count). The summed E-state index contributed by atoms with van der Waals surface area (Å²) in [6.07, 6.45) is -0.511. The normalized spacial score (nSPS) is 14.8. The van der Waals surface area contributed by atoms with E-state index in [1.54, 1.807) is 22.0 Å². The first-order valence-corrected chi connectivity index (χ1v) is 8.72. The number of thiazole rings is 1. The fourth-order valence-corrected chi connectivity index (χ4v) is 3.44. The third kappa shape index (κ3) is 3.26. The van der Waals surface area contributed by atoms with Crippen LogP contribution in [0.3, 0.4) is 0 Å². The van der Waals surface area contributed by atoms with Crippen molar-refractivity contribution < 1.29 is 18.0 Å². The fourth-order valence-electron chi connectivity index (χ4n) is 2.59. The third-order valence-electron chi connectivity index (χ3n) is 4.18. The Kier molecular flexibility index (Phi) is 3.79. The van der Waals surface area contributed by atoms with Crippen LogP contribution in [-0.4, -0.2) is 21.8 Å². The van der Waals surface area contributed by atoms with E-state index in [4.69, 9.17) is 0 Å². The Morgan fingerprint density at radius 2 is 2.16 bits per heavy atom. The van der Waals surface area contributed by atoms with E-state index >= 15 is 0 Å². The van der Waals surface area contributed by atoms with Crippen molar-refractivity contribution in [3.8, 4) is 11.3 Å². The Balaban J connectivity index is 1.64. The van der Waals surface area contributed by atoms with Crippen molar-refractivity contribution in [1.82, 2.24) is 14.7 Å². The summed E-state index contributed by atoms with van der Waals surface area (Å²) in [6.45, 7) is 0.658. The molecule has 0 bridgehead atoms. The first-order chi connectivity index (χ1) is 11.9. The second-order valence-corrected chi connectivity index (χ2v) is 6.97. The van der Waals surface area contributed by atoms with E-state index in [-0.39, 0.29) is 5.91 Å². The molecule has 0 spiro atoms. The SMILES string of the molecule is O=C(NCC1CC1)c1csc2nc(-c3cccc(C(F)(F)F)c3)cn12. The quantitative estimate of drug-likeness (QED) is 0.752. The van der Waals surface area contributed by atoms with Crippen molar-refractivity contribution in [2.24, 2.45) is 5.92 Å². The highest BCUT2D eigenvalue weighted by Gasteiger charge is 2.30. The number of carbonyl (C=O) groups excluding carboxylic acids is 1. The number of benzene rings is 1. The van der Waals surface area contributed by atoms with Crippen LogP contribution in [0.4, 0.5) is 13.2 Å². The van der Waals surface area contributed by atoms with E-state index in [2.05, 4.69) is 10.3 Å². The zero-order chi connectivity index (χ0) is 17.6. The van der Waals surface area contributed by atoms with Crippen molar-refractivity contribution in [1.29, 1.82) is 0 Å². The molecule has 8 heteroatoms. The molecule has 1 N–H and O–H groups in total. The summed E-state index contributed by atoms with van der Waals surface area (Å²) in [7, 11) is 0. The number of nitrogens with one attached hydrogen (secondary N) is 1. The average molecular weight is 365 g/mol. The smallest absolute Gasteiger partial charge is 0.350 e. The van der Waals surface area contributed by atoms with E-state index in [9.17, 15) is 18.0 Å². The molecule has 4 nitrogen and oxygen atoms in total. The van der Waals surface area contributed by atoms with Gasteiger partial charge in [0.05, 0.1) is 11.3 Å². The van der Waals surface area contributed by atoms with E-state index in [1.807, 2.05) is 0 Å². The van der Waals surface area contributed by atoms with Crippen LogP contribution in [0.15, 0.2) is 35.8 Å². The van der Waals surface area contributed by atoms with Gasteiger partial charge in [-0.05, 0) is 30.9 Å². The summed E-state index contributed by atoms with van der Waals surface area (Å²) >= 11 is 1.29. The molecule has 25 heavy (non-hydrogen) atoms. The number of fused-ring (bicyclic) bond motifs is 1. The Morgan fingerprint density at radius 3 is 2.88 bits per heavy atom. The molecule has 0 unspecified atom stereocenters. The van der Waals surface area contributed by atoms with Crippen LogP contribution in [0.1, 0.15) is 28.9 Å². The minimum Gasteiger partial charge on any atom is -0.350 e. The van der Waals surface area contributed by atoms with E-state index in [0.717, 1.165) is 25.0 Å². The summed E-state index contributed by atoms with van der Waals surface area (Å²) in [5.74, 6) is 0.382. The molecule has 2 heterocycles. The number of hydrogen-bond acceptors (Lipinski definition) is 3. The summed E-state index contributed by atoms with van der Waals surface area (Å²) in [6, 6.07) is 5.03. The number of aromatic nitrogens is 2. The monoisotopic (exact) mass is 365 g/mol. The van der Waals surface area contributed by atoms with Crippen LogP contribution in [0, 0.1) is 5.92 Å². The molecule has 1 aliphatic rings. The van der Waals surface area contributed by atoms with Gasteiger partial charge >= 0.3 is 6.18 Å². The van der Waals surface area contributed by atoms with Crippen LogP contribution < -0.4 is 5.32 Å². The molecule has 1 aliphatic carbocycles. The van der Waals surface area contributed by atoms with Gasteiger partial charge in [-0.25, -0.2) is 4.98 Å². The van der Waals surface area contributed by atoms with Crippen LogP contribution >= 0.6 is 11.3 Å². The van der Waals surface area contributed by atoms with E-state index in [0.29, 0.717) is 34.4 Å². The molecule has 0 saturated heterocycles. The Hall–Kier alpha value is -2.35. The van der Waals surface area contributed by atoms with Crippen molar-refractivity contribution in [2.75, 3.05) is 6.54 Å². The van der Waals surface area contributed by atoms with Crippen molar-refractivity contribution in [3.05, 3.63) is 47.1 Å². The molecule has 0 aliphatic heterocycles. The maximum absolute atomic E-state index is 12.9. The molecule has 3 aromatic rings. The number of amides is 1. The van der Waals surface area contributed by atoms with Gasteiger partial charge in [-0.1, -0.05) is 12.1 Å². The van der Waals surface area contributed by atoms with Gasteiger partial charge in [0.2, 0.25) is 0 Å². The van der Waals surface area contributed by atoms with E-state index in [1.165, 1.54) is 17.4 Å². The number of imidazole rings is 1. The number of hydrogen-bond donors (Lipinski definition) is 1. The third-order valence-corrected chi connectivity index (χ3v) is 5.02. The van der Waals surface area contributed by atoms with Crippen LogP contribution in [-0.2, 0) is 6.18 Å². The van der Waals surface area contributed by atoms with Crippen molar-refractivity contribution >= 4 is 22.2 Å². The molecule has 1 aromatic carbocycles. The molecule has 0 radical (unpaired) electrons. The topological polar surface area (TPSA) is 46.4 Å². The van der Waals surface area contributed by atoms with Crippen molar-refractivity contribution in [2.45, 2.75) is 19.0 Å². The predicted molar refractivity (Wildman–Crippen MR) is 88.6 cm³/mol. The number of nitrogens with zero attached hydrogens (tertiary/aromatic N) is 2. The van der Waals surface area contributed by atoms with Gasteiger partial charge in [-0.2, -0.15) is 13.2 Å². The maximum Gasteiger partial charge on any atom is 0.416 e. The summed E-state index contributed by atoms with van der Waals surface area (Å²) in [5, 5.41) is 4.60. The zero-order valence-corrected chi connectivity index (χ0v) is 13.8. The Labute approximate surface area is 145 Å².